The summed E-state index contributed by atoms with van der Waals surface area (Å²) in [5, 5.41) is 3.18. The summed E-state index contributed by atoms with van der Waals surface area (Å²) in [5.74, 6) is 0.653. The summed E-state index contributed by atoms with van der Waals surface area (Å²) in [4.78, 5) is 28.0. The van der Waals surface area contributed by atoms with Gasteiger partial charge in [0.15, 0.2) is 5.01 Å². The third-order valence-electron chi connectivity index (χ3n) is 3.26. The number of amides is 1. The second kappa shape index (κ2) is 5.54. The van der Waals surface area contributed by atoms with E-state index in [2.05, 4.69) is 25.2 Å². The Labute approximate surface area is 120 Å². The van der Waals surface area contributed by atoms with Gasteiger partial charge in [0.2, 0.25) is 5.95 Å². The van der Waals surface area contributed by atoms with Crippen molar-refractivity contribution in [3.63, 3.8) is 0 Å². The second-order valence-corrected chi connectivity index (χ2v) is 5.59. The maximum Gasteiger partial charge on any atom is 0.280 e. The Morgan fingerprint density at radius 3 is 2.80 bits per heavy atom. The Bertz CT molecular complexity index is 587. The van der Waals surface area contributed by atoms with Crippen LogP contribution in [0.5, 0.6) is 0 Å². The number of thiazole rings is 1. The van der Waals surface area contributed by atoms with Gasteiger partial charge < -0.3 is 10.2 Å². The molecule has 0 unspecified atom stereocenters. The lowest BCUT2D eigenvalue weighted by Gasteiger charge is -2.19. The highest BCUT2D eigenvalue weighted by Crippen LogP contribution is 2.24. The molecule has 0 aliphatic carbocycles. The minimum absolute atomic E-state index is 0.105. The van der Waals surface area contributed by atoms with Gasteiger partial charge in [-0.05, 0) is 6.07 Å². The van der Waals surface area contributed by atoms with Crippen LogP contribution >= 0.6 is 11.3 Å². The van der Waals surface area contributed by atoms with Crippen molar-refractivity contribution in [2.24, 2.45) is 0 Å². The van der Waals surface area contributed by atoms with E-state index in [1.165, 1.54) is 16.2 Å². The van der Waals surface area contributed by atoms with Gasteiger partial charge in [0, 0.05) is 50.2 Å². The molecule has 3 rings (SSSR count). The van der Waals surface area contributed by atoms with Gasteiger partial charge in [0.05, 0.1) is 5.69 Å². The number of fused-ring (bicyclic) bond motifs is 1. The van der Waals surface area contributed by atoms with Crippen LogP contribution in [0.4, 0.5) is 5.95 Å². The normalized spacial score (nSPS) is 14.6. The lowest BCUT2D eigenvalue weighted by molar-refractivity contribution is 0.0962. The largest absolute Gasteiger partial charge is 0.353 e. The number of anilines is 1. The van der Waals surface area contributed by atoms with Crippen molar-refractivity contribution in [3.8, 4) is 0 Å². The highest BCUT2D eigenvalue weighted by atomic mass is 32.1. The molecule has 0 saturated heterocycles. The molecule has 2 aromatic rings. The highest BCUT2D eigenvalue weighted by molar-refractivity contribution is 7.13. The predicted molar refractivity (Wildman–Crippen MR) is 77.2 cm³/mol. The fourth-order valence-electron chi connectivity index (χ4n) is 2.22. The Morgan fingerprint density at radius 2 is 2.05 bits per heavy atom. The fourth-order valence-corrected chi connectivity index (χ4v) is 3.26. The van der Waals surface area contributed by atoms with Crippen LogP contribution in [0.25, 0.3) is 0 Å². The van der Waals surface area contributed by atoms with E-state index in [1.54, 1.807) is 19.4 Å². The van der Waals surface area contributed by atoms with Crippen molar-refractivity contribution >= 4 is 23.2 Å². The molecule has 0 aromatic carbocycles. The molecule has 0 saturated carbocycles. The number of hydrogen-bond acceptors (Lipinski definition) is 6. The van der Waals surface area contributed by atoms with Gasteiger partial charge in [-0.2, -0.15) is 0 Å². The topological polar surface area (TPSA) is 71.0 Å². The first-order valence-electron chi connectivity index (χ1n) is 6.50. The van der Waals surface area contributed by atoms with E-state index in [1.807, 2.05) is 6.07 Å². The van der Waals surface area contributed by atoms with E-state index in [0.717, 1.165) is 37.6 Å². The minimum Gasteiger partial charge on any atom is -0.353 e. The molecule has 0 bridgehead atoms. The monoisotopic (exact) mass is 289 g/mol. The molecule has 1 aliphatic heterocycles. The Balaban J connectivity index is 1.77. The number of carbonyl (C=O) groups excluding carboxylic acids is 1. The maximum absolute atomic E-state index is 11.6. The molecule has 0 fully saturated rings. The Kier molecular flexibility index (Phi) is 3.60. The van der Waals surface area contributed by atoms with Crippen LogP contribution in [-0.4, -0.2) is 41.0 Å². The molecule has 104 valence electrons. The average molecular weight is 289 g/mol. The van der Waals surface area contributed by atoms with Crippen molar-refractivity contribution in [1.29, 1.82) is 0 Å². The molecule has 7 heteroatoms. The van der Waals surface area contributed by atoms with Crippen LogP contribution in [0.3, 0.4) is 0 Å². The fraction of sp³-hybridized carbons (Fsp3) is 0.385. The third kappa shape index (κ3) is 2.49. The van der Waals surface area contributed by atoms with Gasteiger partial charge in [-0.25, -0.2) is 15.0 Å². The first-order valence-corrected chi connectivity index (χ1v) is 7.32. The van der Waals surface area contributed by atoms with Crippen molar-refractivity contribution in [3.05, 3.63) is 34.0 Å². The van der Waals surface area contributed by atoms with Crippen molar-refractivity contribution in [2.75, 3.05) is 25.0 Å². The van der Waals surface area contributed by atoms with Crippen LogP contribution in [0.1, 0.15) is 20.4 Å². The number of carbonyl (C=O) groups is 1. The van der Waals surface area contributed by atoms with Crippen molar-refractivity contribution in [2.45, 2.75) is 12.8 Å². The maximum atomic E-state index is 11.6. The molecule has 1 aliphatic rings. The molecule has 6 nitrogen and oxygen atoms in total. The van der Waals surface area contributed by atoms with Crippen molar-refractivity contribution < 1.29 is 4.79 Å². The first kappa shape index (κ1) is 13.0. The highest BCUT2D eigenvalue weighted by Gasteiger charge is 2.21. The molecular formula is C13H15N5OS. The number of nitrogens with one attached hydrogen (secondary N) is 1. The number of nitrogens with zero attached hydrogens (tertiary/aromatic N) is 4. The van der Waals surface area contributed by atoms with Crippen LogP contribution in [-0.2, 0) is 12.8 Å². The summed E-state index contributed by atoms with van der Waals surface area (Å²) in [6.07, 6.45) is 5.21. The zero-order valence-corrected chi connectivity index (χ0v) is 12.0. The quantitative estimate of drug-likeness (QED) is 0.889. The van der Waals surface area contributed by atoms with E-state index in [4.69, 9.17) is 0 Å². The lowest BCUT2D eigenvalue weighted by Crippen LogP contribution is -2.27. The predicted octanol–water partition coefficient (Wildman–Crippen LogP) is 0.898. The zero-order chi connectivity index (χ0) is 13.9. The molecular weight excluding hydrogens is 274 g/mol. The molecule has 0 spiro atoms. The summed E-state index contributed by atoms with van der Waals surface area (Å²) >= 11 is 1.49. The zero-order valence-electron chi connectivity index (χ0n) is 11.2. The lowest BCUT2D eigenvalue weighted by atomic mass is 10.2. The minimum atomic E-state index is -0.105. The molecule has 3 heterocycles. The SMILES string of the molecule is CNC(=O)c1nc2c(s1)CCN(c1ncccn1)CC2. The van der Waals surface area contributed by atoms with E-state index in [0.29, 0.717) is 5.01 Å². The van der Waals surface area contributed by atoms with E-state index in [9.17, 15) is 4.79 Å². The van der Waals surface area contributed by atoms with Gasteiger partial charge in [-0.1, -0.05) is 0 Å². The molecule has 0 atom stereocenters. The molecule has 1 amide bonds. The number of rotatable bonds is 2. The van der Waals surface area contributed by atoms with Crippen LogP contribution in [0.2, 0.25) is 0 Å². The Hall–Kier alpha value is -2.02. The summed E-state index contributed by atoms with van der Waals surface area (Å²) in [6.45, 7) is 1.68. The summed E-state index contributed by atoms with van der Waals surface area (Å²) in [7, 11) is 1.63. The van der Waals surface area contributed by atoms with Gasteiger partial charge in [0.25, 0.3) is 5.91 Å². The van der Waals surface area contributed by atoms with Crippen molar-refractivity contribution in [1.82, 2.24) is 20.3 Å². The standard InChI is InChI=1S/C13H15N5OS/c1-14-11(19)12-17-9-3-7-18(8-4-10(9)20-12)13-15-5-2-6-16-13/h2,5-6H,3-4,7-8H2,1H3,(H,14,19). The van der Waals surface area contributed by atoms with Gasteiger partial charge in [-0.3, -0.25) is 4.79 Å². The van der Waals surface area contributed by atoms with E-state index < -0.39 is 0 Å². The van der Waals surface area contributed by atoms with Gasteiger partial charge >= 0.3 is 0 Å². The van der Waals surface area contributed by atoms with Crippen LogP contribution in [0.15, 0.2) is 18.5 Å². The number of aromatic nitrogens is 3. The Morgan fingerprint density at radius 1 is 1.30 bits per heavy atom. The average Bonchev–Trinajstić information content (AvgIpc) is 2.81. The van der Waals surface area contributed by atoms with E-state index in [-0.39, 0.29) is 5.91 Å². The molecule has 0 radical (unpaired) electrons. The second-order valence-electron chi connectivity index (χ2n) is 4.50. The summed E-state index contributed by atoms with van der Waals surface area (Å²) in [5.41, 5.74) is 1.03. The van der Waals surface area contributed by atoms with Crippen LogP contribution < -0.4 is 10.2 Å². The summed E-state index contributed by atoms with van der Waals surface area (Å²) in [6, 6.07) is 1.81. The molecule has 20 heavy (non-hydrogen) atoms. The molecule has 1 N–H and O–H groups in total. The van der Waals surface area contributed by atoms with Crippen LogP contribution in [0, 0.1) is 0 Å². The third-order valence-corrected chi connectivity index (χ3v) is 4.42. The summed E-state index contributed by atoms with van der Waals surface area (Å²) < 4.78 is 0. The number of hydrogen-bond donors (Lipinski definition) is 1. The smallest absolute Gasteiger partial charge is 0.280 e. The van der Waals surface area contributed by atoms with Gasteiger partial charge in [0.1, 0.15) is 0 Å². The van der Waals surface area contributed by atoms with Gasteiger partial charge in [-0.15, -0.1) is 11.3 Å². The first-order chi connectivity index (χ1) is 9.78. The molecule has 2 aromatic heterocycles. The van der Waals surface area contributed by atoms with E-state index >= 15 is 0 Å².